The van der Waals surface area contributed by atoms with Crippen LogP contribution in [0.4, 0.5) is 10.5 Å². The lowest BCUT2D eigenvalue weighted by Crippen LogP contribution is -2.49. The topological polar surface area (TPSA) is 87.7 Å². The maximum atomic E-state index is 12.8. The van der Waals surface area contributed by atoms with E-state index < -0.39 is 18.0 Å². The van der Waals surface area contributed by atoms with E-state index in [0.717, 1.165) is 22.3 Å². The molecule has 0 spiro atoms. The summed E-state index contributed by atoms with van der Waals surface area (Å²) in [6.07, 6.45) is 0. The van der Waals surface area contributed by atoms with Gasteiger partial charge in [0.15, 0.2) is 0 Å². The Morgan fingerprint density at radius 2 is 1.80 bits per heavy atom. The SMILES string of the molecule is Cc1ccc(C2NC(=O)N(CC(=O)Nc3ccc(C)cc3C)C3=C2C(=O)OC3)cc1. The van der Waals surface area contributed by atoms with E-state index in [1.165, 1.54) is 4.90 Å². The number of carbonyl (C=O) groups excluding carboxylic acids is 3. The second-order valence-corrected chi connectivity index (χ2v) is 7.68. The Kier molecular flexibility index (Phi) is 5.03. The molecule has 30 heavy (non-hydrogen) atoms. The molecule has 2 aromatic carbocycles. The Hall–Kier alpha value is -3.61. The molecule has 2 heterocycles. The molecule has 1 unspecified atom stereocenters. The van der Waals surface area contributed by atoms with E-state index in [0.29, 0.717) is 17.0 Å². The van der Waals surface area contributed by atoms with Crippen LogP contribution in [0.25, 0.3) is 0 Å². The molecule has 154 valence electrons. The molecule has 0 saturated carbocycles. The van der Waals surface area contributed by atoms with E-state index in [1.807, 2.05) is 63.2 Å². The van der Waals surface area contributed by atoms with Gasteiger partial charge in [-0.15, -0.1) is 0 Å². The first-order chi connectivity index (χ1) is 14.3. The minimum Gasteiger partial charge on any atom is -0.456 e. The molecule has 2 N–H and O–H groups in total. The monoisotopic (exact) mass is 405 g/mol. The first-order valence-electron chi connectivity index (χ1n) is 9.75. The second-order valence-electron chi connectivity index (χ2n) is 7.68. The summed E-state index contributed by atoms with van der Waals surface area (Å²) >= 11 is 0. The van der Waals surface area contributed by atoms with Crippen molar-refractivity contribution in [3.05, 3.63) is 76.0 Å². The van der Waals surface area contributed by atoms with Crippen LogP contribution in [0, 0.1) is 20.8 Å². The molecule has 2 aliphatic heterocycles. The minimum absolute atomic E-state index is 0.0270. The third-order valence-electron chi connectivity index (χ3n) is 5.37. The number of hydrogen-bond donors (Lipinski definition) is 2. The summed E-state index contributed by atoms with van der Waals surface area (Å²) in [5.74, 6) is -0.826. The average molecular weight is 405 g/mol. The molecule has 2 aromatic rings. The molecular formula is C23H23N3O4. The number of ether oxygens (including phenoxy) is 1. The first-order valence-corrected chi connectivity index (χ1v) is 9.75. The van der Waals surface area contributed by atoms with Crippen LogP contribution < -0.4 is 10.6 Å². The average Bonchev–Trinajstić information content (AvgIpc) is 3.08. The molecule has 4 rings (SSSR count). The fourth-order valence-corrected chi connectivity index (χ4v) is 3.77. The van der Waals surface area contributed by atoms with E-state index in [4.69, 9.17) is 4.74 Å². The largest absolute Gasteiger partial charge is 0.456 e. The quantitative estimate of drug-likeness (QED) is 0.765. The lowest BCUT2D eigenvalue weighted by molar-refractivity contribution is -0.136. The Morgan fingerprint density at radius 3 is 2.50 bits per heavy atom. The van der Waals surface area contributed by atoms with Crippen LogP contribution in [-0.2, 0) is 14.3 Å². The van der Waals surface area contributed by atoms with E-state index >= 15 is 0 Å². The zero-order chi connectivity index (χ0) is 21.4. The van der Waals surface area contributed by atoms with E-state index in [1.54, 1.807) is 0 Å². The Morgan fingerprint density at radius 1 is 1.10 bits per heavy atom. The summed E-state index contributed by atoms with van der Waals surface area (Å²) in [7, 11) is 0. The van der Waals surface area contributed by atoms with Crippen LogP contribution in [0.15, 0.2) is 53.7 Å². The van der Waals surface area contributed by atoms with Gasteiger partial charge in [-0.05, 0) is 38.0 Å². The summed E-state index contributed by atoms with van der Waals surface area (Å²) in [5.41, 5.74) is 5.40. The summed E-state index contributed by atoms with van der Waals surface area (Å²) in [5, 5.41) is 5.68. The van der Waals surface area contributed by atoms with Crippen LogP contribution in [0.5, 0.6) is 0 Å². The highest BCUT2D eigenvalue weighted by atomic mass is 16.5. The van der Waals surface area contributed by atoms with Gasteiger partial charge >= 0.3 is 12.0 Å². The van der Waals surface area contributed by atoms with Crippen molar-refractivity contribution in [2.75, 3.05) is 18.5 Å². The number of nitrogens with zero attached hydrogens (tertiary/aromatic N) is 1. The highest BCUT2D eigenvalue weighted by Crippen LogP contribution is 2.35. The molecule has 3 amide bonds. The van der Waals surface area contributed by atoms with Gasteiger partial charge in [0.05, 0.1) is 17.3 Å². The fourth-order valence-electron chi connectivity index (χ4n) is 3.77. The number of anilines is 1. The van der Waals surface area contributed by atoms with Gasteiger partial charge in [0.1, 0.15) is 13.2 Å². The Labute approximate surface area is 174 Å². The smallest absolute Gasteiger partial charge is 0.338 e. The van der Waals surface area contributed by atoms with Gasteiger partial charge in [0.25, 0.3) is 0 Å². The number of aryl methyl sites for hydroxylation is 3. The van der Waals surface area contributed by atoms with Crippen molar-refractivity contribution in [2.24, 2.45) is 0 Å². The van der Waals surface area contributed by atoms with Gasteiger partial charge in [0, 0.05) is 5.69 Å². The van der Waals surface area contributed by atoms with Gasteiger partial charge < -0.3 is 15.4 Å². The molecule has 0 aromatic heterocycles. The van der Waals surface area contributed by atoms with Crippen molar-refractivity contribution in [1.82, 2.24) is 10.2 Å². The van der Waals surface area contributed by atoms with Crippen molar-refractivity contribution in [2.45, 2.75) is 26.8 Å². The van der Waals surface area contributed by atoms with Crippen molar-refractivity contribution in [3.8, 4) is 0 Å². The third kappa shape index (κ3) is 3.66. The number of hydrogen-bond acceptors (Lipinski definition) is 4. The van der Waals surface area contributed by atoms with Gasteiger partial charge in [-0.3, -0.25) is 9.69 Å². The second kappa shape index (κ2) is 7.67. The van der Waals surface area contributed by atoms with Gasteiger partial charge in [0.2, 0.25) is 5.91 Å². The highest BCUT2D eigenvalue weighted by Gasteiger charge is 2.42. The maximum Gasteiger partial charge on any atom is 0.338 e. The number of amides is 3. The molecule has 0 aliphatic carbocycles. The predicted octanol–water partition coefficient (Wildman–Crippen LogP) is 3.13. The predicted molar refractivity (Wildman–Crippen MR) is 112 cm³/mol. The summed E-state index contributed by atoms with van der Waals surface area (Å²) in [4.78, 5) is 39.2. The highest BCUT2D eigenvalue weighted by molar-refractivity contribution is 6.00. The number of nitrogens with one attached hydrogen (secondary N) is 2. The summed E-state index contributed by atoms with van der Waals surface area (Å²) in [6, 6.07) is 12.3. The van der Waals surface area contributed by atoms with Crippen molar-refractivity contribution in [1.29, 1.82) is 0 Å². The number of esters is 1. The molecule has 0 saturated heterocycles. The first kappa shape index (κ1) is 19.7. The minimum atomic E-state index is -0.596. The standard InChI is InChI=1S/C23H23N3O4/c1-13-4-7-16(8-5-13)21-20-18(12-30-22(20)28)26(23(29)25-21)11-19(27)24-17-9-6-14(2)10-15(17)3/h4-10,21H,11-12H2,1-3H3,(H,24,27)(H,25,29). The van der Waals surface area contributed by atoms with Crippen LogP contribution in [0.3, 0.4) is 0 Å². The van der Waals surface area contributed by atoms with Crippen molar-refractivity contribution < 1.29 is 19.1 Å². The number of carbonyl (C=O) groups is 3. The fraction of sp³-hybridized carbons (Fsp3) is 0.261. The maximum absolute atomic E-state index is 12.8. The van der Waals surface area contributed by atoms with Gasteiger partial charge in [-0.2, -0.15) is 0 Å². The van der Waals surface area contributed by atoms with Crippen LogP contribution in [0.2, 0.25) is 0 Å². The molecule has 7 heteroatoms. The molecule has 0 radical (unpaired) electrons. The number of cyclic esters (lactones) is 1. The number of rotatable bonds is 4. The molecule has 7 nitrogen and oxygen atoms in total. The summed E-state index contributed by atoms with van der Waals surface area (Å²) < 4.78 is 5.21. The number of benzene rings is 2. The Bertz CT molecular complexity index is 1070. The lowest BCUT2D eigenvalue weighted by atomic mass is 9.95. The summed E-state index contributed by atoms with van der Waals surface area (Å²) in [6.45, 7) is 5.61. The molecule has 0 fully saturated rings. The molecule has 2 aliphatic rings. The van der Waals surface area contributed by atoms with Crippen molar-refractivity contribution in [3.63, 3.8) is 0 Å². The van der Waals surface area contributed by atoms with Gasteiger partial charge in [-0.1, -0.05) is 47.5 Å². The molecule has 0 bridgehead atoms. The van der Waals surface area contributed by atoms with Crippen LogP contribution >= 0.6 is 0 Å². The lowest BCUT2D eigenvalue weighted by Gasteiger charge is -2.32. The van der Waals surface area contributed by atoms with E-state index in [2.05, 4.69) is 10.6 Å². The van der Waals surface area contributed by atoms with Gasteiger partial charge in [-0.25, -0.2) is 9.59 Å². The zero-order valence-electron chi connectivity index (χ0n) is 17.1. The normalized spacial score (nSPS) is 18.1. The zero-order valence-corrected chi connectivity index (χ0v) is 17.1. The van der Waals surface area contributed by atoms with E-state index in [-0.39, 0.29) is 19.1 Å². The van der Waals surface area contributed by atoms with E-state index in [9.17, 15) is 14.4 Å². The third-order valence-corrected chi connectivity index (χ3v) is 5.37. The number of urea groups is 1. The van der Waals surface area contributed by atoms with Crippen LogP contribution in [0.1, 0.15) is 28.3 Å². The van der Waals surface area contributed by atoms with Crippen LogP contribution in [-0.4, -0.2) is 36.0 Å². The molecular weight excluding hydrogens is 382 g/mol. The Balaban J connectivity index is 1.59. The van der Waals surface area contributed by atoms with Crippen molar-refractivity contribution >= 4 is 23.6 Å². The molecule has 1 atom stereocenters.